The molecule has 0 saturated heterocycles. The van der Waals surface area contributed by atoms with Crippen molar-refractivity contribution in [2.24, 2.45) is 0 Å². The molecule has 0 unspecified atom stereocenters. The number of nitrogens with one attached hydrogen (secondary N) is 4. The first-order valence-corrected chi connectivity index (χ1v) is 12.1. The summed E-state index contributed by atoms with van der Waals surface area (Å²) in [7, 11) is 3.19. The summed E-state index contributed by atoms with van der Waals surface area (Å²) in [6, 6.07) is 13.1. The topological polar surface area (TPSA) is 118 Å². The monoisotopic (exact) mass is 536 g/mol. The van der Waals surface area contributed by atoms with Gasteiger partial charge in [0.05, 0.1) is 12.8 Å². The second-order valence-corrected chi connectivity index (χ2v) is 9.04. The average Bonchev–Trinajstić information content (AvgIpc) is 3.28. The van der Waals surface area contributed by atoms with Gasteiger partial charge in [-0.2, -0.15) is 15.3 Å². The van der Waals surface area contributed by atoms with Crippen molar-refractivity contribution in [2.45, 2.75) is 33.2 Å². The summed E-state index contributed by atoms with van der Waals surface area (Å²) in [6.45, 7) is 4.75. The fourth-order valence-electron chi connectivity index (χ4n) is 3.87. The molecular formula is C27H30F2N8O2. The Morgan fingerprint density at radius 1 is 1.08 bits per heavy atom. The van der Waals surface area contributed by atoms with Crippen molar-refractivity contribution in [1.29, 1.82) is 0 Å². The number of aromatic nitrogens is 4. The Balaban J connectivity index is 1.60. The van der Waals surface area contributed by atoms with Crippen LogP contribution in [0.25, 0.3) is 5.82 Å². The molecule has 0 aliphatic carbocycles. The SMILES string of the molecule is CNc1cc(-n2nc(C)cc2Nc2cc(NC(=O)c3cc(CNOC)cc(C(C)(F)F)c3)ccc2C)ncn1. The minimum Gasteiger partial charge on any atom is -0.373 e. The van der Waals surface area contributed by atoms with Crippen LogP contribution in [0.3, 0.4) is 0 Å². The van der Waals surface area contributed by atoms with Crippen LogP contribution in [0.5, 0.6) is 0 Å². The number of carbonyl (C=O) groups is 1. The number of halogens is 2. The number of hydrogen-bond donors (Lipinski definition) is 4. The third kappa shape index (κ3) is 6.72. The number of carbonyl (C=O) groups excluding carboxylic acids is 1. The Kier molecular flexibility index (Phi) is 8.17. The zero-order valence-electron chi connectivity index (χ0n) is 22.3. The molecule has 204 valence electrons. The van der Waals surface area contributed by atoms with E-state index in [0.29, 0.717) is 28.7 Å². The lowest BCUT2D eigenvalue weighted by Gasteiger charge is -2.16. The summed E-state index contributed by atoms with van der Waals surface area (Å²) in [5.41, 5.74) is 5.84. The summed E-state index contributed by atoms with van der Waals surface area (Å²) >= 11 is 0. The second-order valence-electron chi connectivity index (χ2n) is 9.04. The number of benzene rings is 2. The van der Waals surface area contributed by atoms with Gasteiger partial charge in [-0.25, -0.2) is 18.7 Å². The molecule has 4 rings (SSSR count). The number of nitrogens with zero attached hydrogens (tertiary/aromatic N) is 4. The molecule has 0 aliphatic heterocycles. The van der Waals surface area contributed by atoms with Crippen molar-refractivity contribution < 1.29 is 18.4 Å². The van der Waals surface area contributed by atoms with E-state index in [9.17, 15) is 13.6 Å². The van der Waals surface area contributed by atoms with E-state index in [1.54, 1.807) is 36.0 Å². The lowest BCUT2D eigenvalue weighted by Crippen LogP contribution is -2.17. The van der Waals surface area contributed by atoms with E-state index in [4.69, 9.17) is 4.84 Å². The first kappa shape index (κ1) is 27.6. The Hall–Kier alpha value is -4.42. The van der Waals surface area contributed by atoms with E-state index in [0.717, 1.165) is 23.9 Å². The first-order valence-electron chi connectivity index (χ1n) is 12.1. The van der Waals surface area contributed by atoms with Crippen LogP contribution in [0.2, 0.25) is 0 Å². The lowest BCUT2D eigenvalue weighted by molar-refractivity contribution is 0.0172. The summed E-state index contributed by atoms with van der Waals surface area (Å²) in [5.74, 6) is -1.76. The van der Waals surface area contributed by atoms with Crippen LogP contribution in [0.4, 0.5) is 31.8 Å². The maximum Gasteiger partial charge on any atom is 0.270 e. The van der Waals surface area contributed by atoms with Crippen LogP contribution >= 0.6 is 0 Å². The highest BCUT2D eigenvalue weighted by Gasteiger charge is 2.26. The van der Waals surface area contributed by atoms with Crippen LogP contribution in [0, 0.1) is 13.8 Å². The highest BCUT2D eigenvalue weighted by atomic mass is 19.3. The van der Waals surface area contributed by atoms with Gasteiger partial charge in [0.2, 0.25) is 0 Å². The highest BCUT2D eigenvalue weighted by molar-refractivity contribution is 6.04. The summed E-state index contributed by atoms with van der Waals surface area (Å²) in [4.78, 5) is 26.4. The Labute approximate surface area is 224 Å². The van der Waals surface area contributed by atoms with Gasteiger partial charge < -0.3 is 20.8 Å². The molecule has 10 nitrogen and oxygen atoms in total. The largest absolute Gasteiger partial charge is 0.373 e. The quantitative estimate of drug-likeness (QED) is 0.207. The number of alkyl halides is 2. The van der Waals surface area contributed by atoms with Gasteiger partial charge in [-0.15, -0.1) is 0 Å². The number of hydrogen-bond acceptors (Lipinski definition) is 8. The lowest BCUT2D eigenvalue weighted by atomic mass is 10.0. The molecular weight excluding hydrogens is 506 g/mol. The summed E-state index contributed by atoms with van der Waals surface area (Å²) in [6.07, 6.45) is 1.45. The molecule has 4 N–H and O–H groups in total. The van der Waals surface area contributed by atoms with Crippen LogP contribution in [0.1, 0.15) is 39.7 Å². The van der Waals surface area contributed by atoms with Gasteiger partial charge in [0.15, 0.2) is 5.82 Å². The third-order valence-electron chi connectivity index (χ3n) is 5.90. The molecule has 12 heteroatoms. The number of anilines is 4. The minimum absolute atomic E-state index is 0.106. The Morgan fingerprint density at radius 3 is 2.59 bits per heavy atom. The summed E-state index contributed by atoms with van der Waals surface area (Å²) < 4.78 is 29.9. The molecule has 0 bridgehead atoms. The van der Waals surface area contributed by atoms with Crippen molar-refractivity contribution in [3.05, 3.63) is 82.8 Å². The molecule has 0 aliphatic rings. The highest BCUT2D eigenvalue weighted by Crippen LogP contribution is 2.30. The second kappa shape index (κ2) is 11.5. The van der Waals surface area contributed by atoms with E-state index in [-0.39, 0.29) is 17.7 Å². The molecule has 0 fully saturated rings. The van der Waals surface area contributed by atoms with Crippen molar-refractivity contribution in [2.75, 3.05) is 30.1 Å². The van der Waals surface area contributed by atoms with Crippen LogP contribution in [-0.4, -0.2) is 39.8 Å². The van der Waals surface area contributed by atoms with Gasteiger partial charge >= 0.3 is 0 Å². The minimum atomic E-state index is -3.11. The van der Waals surface area contributed by atoms with Crippen LogP contribution in [0.15, 0.2) is 54.9 Å². The molecule has 0 atom stereocenters. The van der Waals surface area contributed by atoms with E-state index in [1.165, 1.54) is 25.6 Å². The standard InChI is InChI=1S/C27H30F2N8O2/c1-16-6-7-21(34-26(38)19-9-18(14-33-39-5)10-20(11-19)27(3,28)29)12-22(16)35-25-8-17(2)36-37(25)24-13-23(30-4)31-15-32-24/h6-13,15,33,35H,14H2,1-5H3,(H,34,38)(H,30,31,32). The molecule has 1 amide bonds. The third-order valence-corrected chi connectivity index (χ3v) is 5.90. The molecule has 0 radical (unpaired) electrons. The number of hydroxylamine groups is 1. The van der Waals surface area contributed by atoms with Gasteiger partial charge in [0.25, 0.3) is 11.8 Å². The maximum atomic E-state index is 14.1. The number of aryl methyl sites for hydroxylation is 2. The molecule has 2 heterocycles. The zero-order valence-corrected chi connectivity index (χ0v) is 22.3. The van der Waals surface area contributed by atoms with Crippen LogP contribution in [-0.2, 0) is 17.3 Å². The molecule has 0 saturated carbocycles. The van der Waals surface area contributed by atoms with Gasteiger partial charge in [0, 0.05) is 55.2 Å². The molecule has 4 aromatic rings. The smallest absolute Gasteiger partial charge is 0.270 e. The first-order chi connectivity index (χ1) is 18.6. The molecule has 0 spiro atoms. The molecule has 2 aromatic carbocycles. The predicted octanol–water partition coefficient (Wildman–Crippen LogP) is 5.08. The Morgan fingerprint density at radius 2 is 1.87 bits per heavy atom. The van der Waals surface area contributed by atoms with Gasteiger partial charge in [-0.05, 0) is 55.3 Å². The van der Waals surface area contributed by atoms with E-state index >= 15 is 0 Å². The predicted molar refractivity (Wildman–Crippen MR) is 146 cm³/mol. The van der Waals surface area contributed by atoms with Crippen molar-refractivity contribution in [1.82, 2.24) is 25.2 Å². The van der Waals surface area contributed by atoms with Crippen molar-refractivity contribution in [3.8, 4) is 5.82 Å². The Bertz CT molecular complexity index is 1480. The van der Waals surface area contributed by atoms with Gasteiger partial charge in [0.1, 0.15) is 18.0 Å². The van der Waals surface area contributed by atoms with E-state index in [2.05, 4.69) is 36.5 Å². The average molecular weight is 537 g/mol. The molecule has 2 aromatic heterocycles. The number of rotatable bonds is 10. The van der Waals surface area contributed by atoms with Gasteiger partial charge in [-0.1, -0.05) is 6.07 Å². The molecule has 39 heavy (non-hydrogen) atoms. The van der Waals surface area contributed by atoms with Crippen LogP contribution < -0.4 is 21.4 Å². The maximum absolute atomic E-state index is 14.1. The van der Waals surface area contributed by atoms with E-state index in [1.807, 2.05) is 26.0 Å². The van der Waals surface area contributed by atoms with Crippen molar-refractivity contribution in [3.63, 3.8) is 0 Å². The zero-order chi connectivity index (χ0) is 28.2. The summed E-state index contributed by atoms with van der Waals surface area (Å²) in [5, 5.41) is 13.7. The van der Waals surface area contributed by atoms with Gasteiger partial charge in [-0.3, -0.25) is 4.79 Å². The fraction of sp³-hybridized carbons (Fsp3) is 0.259. The normalized spacial score (nSPS) is 11.4. The number of amides is 1. The van der Waals surface area contributed by atoms with E-state index < -0.39 is 11.8 Å². The fourth-order valence-corrected chi connectivity index (χ4v) is 3.87. The van der Waals surface area contributed by atoms with Crippen molar-refractivity contribution >= 4 is 28.9 Å².